The molecule has 0 saturated heterocycles. The molecular weight excluding hydrogens is 176 g/mol. The summed E-state index contributed by atoms with van der Waals surface area (Å²) in [5, 5.41) is 21.7. The lowest BCUT2D eigenvalue weighted by molar-refractivity contribution is -0.140. The number of hydrogen-bond donors (Lipinski definition) is 4. The van der Waals surface area contributed by atoms with Gasteiger partial charge in [-0.15, -0.1) is 0 Å². The summed E-state index contributed by atoms with van der Waals surface area (Å²) in [6.45, 7) is -0.604. The summed E-state index contributed by atoms with van der Waals surface area (Å²) in [5.41, 5.74) is 0. The zero-order valence-electron chi connectivity index (χ0n) is 6.99. The van der Waals surface area contributed by atoms with Crippen molar-refractivity contribution in [1.29, 1.82) is 0 Å². The number of carbonyl (C=O) groups excluding carboxylic acids is 1. The number of carbonyl (C=O) groups is 2. The van der Waals surface area contributed by atoms with E-state index in [1.165, 1.54) is 0 Å². The molecular formula is C7H12N2O4. The van der Waals surface area contributed by atoms with Gasteiger partial charge in [0, 0.05) is 6.04 Å². The number of nitrogens with one attached hydrogen (secondary N) is 2. The molecule has 1 saturated carbocycles. The predicted octanol–water partition coefficient (Wildman–Crippen LogP) is -1.11. The highest BCUT2D eigenvalue weighted by Gasteiger charge is 2.25. The number of carboxylic acids is 1. The summed E-state index contributed by atoms with van der Waals surface area (Å²) < 4.78 is 0. The summed E-state index contributed by atoms with van der Waals surface area (Å²) in [6, 6.07) is -1.59. The van der Waals surface area contributed by atoms with Gasteiger partial charge in [0.05, 0.1) is 6.61 Å². The minimum Gasteiger partial charge on any atom is -0.480 e. The Labute approximate surface area is 74.9 Å². The van der Waals surface area contributed by atoms with E-state index in [2.05, 4.69) is 10.6 Å². The Morgan fingerprint density at radius 3 is 2.46 bits per heavy atom. The Hall–Kier alpha value is -1.30. The second-order valence-corrected chi connectivity index (χ2v) is 2.97. The third-order valence-corrected chi connectivity index (χ3v) is 1.70. The minimum absolute atomic E-state index is 0.174. The van der Waals surface area contributed by atoms with Crippen molar-refractivity contribution in [1.82, 2.24) is 10.6 Å². The van der Waals surface area contributed by atoms with Crippen molar-refractivity contribution in [3.8, 4) is 0 Å². The molecule has 0 aliphatic heterocycles. The molecule has 1 rings (SSSR count). The van der Waals surface area contributed by atoms with Crippen LogP contribution in [0.2, 0.25) is 0 Å². The standard InChI is InChI=1S/C7H12N2O4/c10-3-5(6(11)12)9-7(13)8-4-1-2-4/h4-5,10H,1-3H2,(H,11,12)(H2,8,9,13)/t5-/m1/s1. The molecule has 6 heteroatoms. The monoisotopic (exact) mass is 188 g/mol. The number of aliphatic hydroxyl groups is 1. The van der Waals surface area contributed by atoms with E-state index in [0.717, 1.165) is 12.8 Å². The molecule has 74 valence electrons. The largest absolute Gasteiger partial charge is 0.480 e. The SMILES string of the molecule is O=C(NC1CC1)N[C@H](CO)C(=O)O. The molecule has 0 spiro atoms. The van der Waals surface area contributed by atoms with Gasteiger partial charge in [-0.1, -0.05) is 0 Å². The van der Waals surface area contributed by atoms with Gasteiger partial charge in [-0.3, -0.25) is 0 Å². The molecule has 0 aromatic heterocycles. The van der Waals surface area contributed by atoms with Crippen LogP contribution in [0.15, 0.2) is 0 Å². The highest BCUT2D eigenvalue weighted by molar-refractivity contribution is 5.82. The second kappa shape index (κ2) is 4.08. The van der Waals surface area contributed by atoms with Crippen LogP contribution < -0.4 is 10.6 Å². The third kappa shape index (κ3) is 3.29. The first kappa shape index (κ1) is 9.79. The molecule has 1 aliphatic rings. The van der Waals surface area contributed by atoms with E-state index in [9.17, 15) is 9.59 Å². The Morgan fingerprint density at radius 1 is 1.46 bits per heavy atom. The lowest BCUT2D eigenvalue weighted by Crippen LogP contribution is -2.48. The Balaban J connectivity index is 2.26. The summed E-state index contributed by atoms with van der Waals surface area (Å²) in [4.78, 5) is 21.3. The van der Waals surface area contributed by atoms with Crippen molar-refractivity contribution in [2.45, 2.75) is 24.9 Å². The molecule has 0 bridgehead atoms. The summed E-state index contributed by atoms with van der Waals surface area (Å²) >= 11 is 0. The van der Waals surface area contributed by atoms with Crippen LogP contribution >= 0.6 is 0 Å². The van der Waals surface area contributed by atoms with Gasteiger partial charge >= 0.3 is 12.0 Å². The highest BCUT2D eigenvalue weighted by Crippen LogP contribution is 2.18. The van der Waals surface area contributed by atoms with Gasteiger partial charge in [0.15, 0.2) is 6.04 Å². The van der Waals surface area contributed by atoms with E-state index in [-0.39, 0.29) is 6.04 Å². The maximum atomic E-state index is 11.0. The number of aliphatic carboxylic acids is 1. The summed E-state index contributed by atoms with van der Waals surface area (Å²) in [7, 11) is 0. The molecule has 0 aromatic rings. The predicted molar refractivity (Wildman–Crippen MR) is 43.2 cm³/mol. The lowest BCUT2D eigenvalue weighted by Gasteiger charge is -2.11. The Kier molecular flexibility index (Phi) is 3.07. The number of amides is 2. The van der Waals surface area contributed by atoms with Gasteiger partial charge < -0.3 is 20.8 Å². The maximum absolute atomic E-state index is 11.0. The van der Waals surface area contributed by atoms with Crippen molar-refractivity contribution < 1.29 is 19.8 Å². The van der Waals surface area contributed by atoms with E-state index in [1.807, 2.05) is 0 Å². The molecule has 0 heterocycles. The number of hydrogen-bond acceptors (Lipinski definition) is 3. The quantitative estimate of drug-likeness (QED) is 0.449. The zero-order chi connectivity index (χ0) is 9.84. The van der Waals surface area contributed by atoms with Gasteiger partial charge in [-0.05, 0) is 12.8 Å². The average molecular weight is 188 g/mol. The molecule has 1 atom stereocenters. The summed E-state index contributed by atoms with van der Waals surface area (Å²) in [6.07, 6.45) is 1.87. The molecule has 0 unspecified atom stereocenters. The fourth-order valence-electron chi connectivity index (χ4n) is 0.798. The van der Waals surface area contributed by atoms with Crippen LogP contribution in [0.4, 0.5) is 4.79 Å². The third-order valence-electron chi connectivity index (χ3n) is 1.70. The molecule has 4 N–H and O–H groups in total. The summed E-state index contributed by atoms with van der Waals surface area (Å²) in [5.74, 6) is -1.24. The highest BCUT2D eigenvalue weighted by atomic mass is 16.4. The van der Waals surface area contributed by atoms with E-state index >= 15 is 0 Å². The molecule has 0 radical (unpaired) electrons. The van der Waals surface area contributed by atoms with Crippen molar-refractivity contribution in [3.05, 3.63) is 0 Å². The average Bonchev–Trinajstić information content (AvgIpc) is 2.83. The molecule has 6 nitrogen and oxygen atoms in total. The van der Waals surface area contributed by atoms with Crippen molar-refractivity contribution in [2.75, 3.05) is 6.61 Å². The van der Waals surface area contributed by atoms with E-state index in [1.54, 1.807) is 0 Å². The van der Waals surface area contributed by atoms with Crippen LogP contribution in [0, 0.1) is 0 Å². The molecule has 0 aromatic carbocycles. The van der Waals surface area contributed by atoms with Gasteiger partial charge in [-0.25, -0.2) is 9.59 Å². The van der Waals surface area contributed by atoms with Crippen LogP contribution in [0.3, 0.4) is 0 Å². The number of aliphatic hydroxyl groups excluding tert-OH is 1. The number of urea groups is 1. The first-order valence-corrected chi connectivity index (χ1v) is 4.04. The van der Waals surface area contributed by atoms with Crippen LogP contribution in [0.1, 0.15) is 12.8 Å². The van der Waals surface area contributed by atoms with Gasteiger partial charge in [-0.2, -0.15) is 0 Å². The van der Waals surface area contributed by atoms with E-state index < -0.39 is 24.6 Å². The number of rotatable bonds is 4. The van der Waals surface area contributed by atoms with Crippen LogP contribution in [0.25, 0.3) is 0 Å². The van der Waals surface area contributed by atoms with E-state index in [0.29, 0.717) is 0 Å². The Bertz CT molecular complexity index is 215. The molecule has 1 fully saturated rings. The minimum atomic E-state index is -1.24. The van der Waals surface area contributed by atoms with Crippen molar-refractivity contribution >= 4 is 12.0 Å². The van der Waals surface area contributed by atoms with Crippen LogP contribution in [-0.4, -0.2) is 40.9 Å². The normalized spacial score (nSPS) is 17.6. The van der Waals surface area contributed by atoms with E-state index in [4.69, 9.17) is 10.2 Å². The smallest absolute Gasteiger partial charge is 0.328 e. The fraction of sp³-hybridized carbons (Fsp3) is 0.714. The topological polar surface area (TPSA) is 98.7 Å². The Morgan fingerprint density at radius 2 is 2.08 bits per heavy atom. The van der Waals surface area contributed by atoms with Crippen molar-refractivity contribution in [3.63, 3.8) is 0 Å². The van der Waals surface area contributed by atoms with Crippen molar-refractivity contribution in [2.24, 2.45) is 0 Å². The second-order valence-electron chi connectivity index (χ2n) is 2.97. The van der Waals surface area contributed by atoms with Gasteiger partial charge in [0.1, 0.15) is 0 Å². The number of carboxylic acid groups (broad SMARTS) is 1. The van der Waals surface area contributed by atoms with Crippen LogP contribution in [-0.2, 0) is 4.79 Å². The first-order valence-electron chi connectivity index (χ1n) is 4.04. The van der Waals surface area contributed by atoms with Crippen LogP contribution in [0.5, 0.6) is 0 Å². The molecule has 2 amide bonds. The molecule has 13 heavy (non-hydrogen) atoms. The maximum Gasteiger partial charge on any atom is 0.328 e. The molecule has 1 aliphatic carbocycles. The fourth-order valence-corrected chi connectivity index (χ4v) is 0.798. The lowest BCUT2D eigenvalue weighted by atomic mass is 10.3. The van der Waals surface area contributed by atoms with Gasteiger partial charge in [0.2, 0.25) is 0 Å². The first-order chi connectivity index (χ1) is 6.13. The van der Waals surface area contributed by atoms with Gasteiger partial charge in [0.25, 0.3) is 0 Å². The zero-order valence-corrected chi connectivity index (χ0v) is 6.99.